The van der Waals surface area contributed by atoms with Crippen LogP contribution in [0.4, 0.5) is 15.1 Å². The maximum Gasteiger partial charge on any atom is 0.333 e. The number of hydrogen-bond acceptors (Lipinski definition) is 6. The second-order valence-corrected chi connectivity index (χ2v) is 10.2. The third-order valence-corrected chi connectivity index (χ3v) is 7.86. The Kier molecular flexibility index (Phi) is 6.84. The molecule has 200 valence electrons. The van der Waals surface area contributed by atoms with E-state index in [-0.39, 0.29) is 35.7 Å². The molecule has 3 fully saturated rings. The number of anilines is 1. The van der Waals surface area contributed by atoms with Crippen molar-refractivity contribution in [2.24, 2.45) is 0 Å². The Morgan fingerprint density at radius 2 is 1.74 bits per heavy atom. The van der Waals surface area contributed by atoms with Crippen LogP contribution in [0.15, 0.2) is 47.5 Å². The zero-order valence-corrected chi connectivity index (χ0v) is 21.2. The molecule has 38 heavy (non-hydrogen) atoms. The number of carbonyl (C=O) groups excluding carboxylic acids is 1. The summed E-state index contributed by atoms with van der Waals surface area (Å²) in [6.07, 6.45) is 8.75. The van der Waals surface area contributed by atoms with E-state index in [9.17, 15) is 14.0 Å². The van der Waals surface area contributed by atoms with E-state index in [0.29, 0.717) is 36.2 Å². The maximum atomic E-state index is 13.7. The Morgan fingerprint density at radius 3 is 2.45 bits per heavy atom. The maximum absolute atomic E-state index is 13.7. The quantitative estimate of drug-likeness (QED) is 0.516. The van der Waals surface area contributed by atoms with Crippen molar-refractivity contribution in [3.05, 3.63) is 59.0 Å². The predicted molar refractivity (Wildman–Crippen MR) is 140 cm³/mol. The molecule has 2 amide bonds. The Balaban J connectivity index is 1.25. The highest BCUT2D eigenvalue weighted by molar-refractivity contribution is 5.76. The number of hydrogen-bond donors (Lipinski definition) is 2. The van der Waals surface area contributed by atoms with Gasteiger partial charge in [-0.3, -0.25) is 9.13 Å². The van der Waals surface area contributed by atoms with Crippen LogP contribution in [-0.2, 0) is 4.74 Å². The van der Waals surface area contributed by atoms with Crippen molar-refractivity contribution in [1.29, 1.82) is 0 Å². The van der Waals surface area contributed by atoms with Crippen molar-refractivity contribution in [1.82, 2.24) is 29.3 Å². The molecule has 4 heterocycles. The molecule has 11 heteroatoms. The second kappa shape index (κ2) is 10.6. The molecule has 1 saturated carbocycles. The molecule has 0 radical (unpaired) electrons. The third kappa shape index (κ3) is 4.90. The number of amides is 2. The molecule has 3 aliphatic rings. The Morgan fingerprint density at radius 1 is 0.974 bits per heavy atom. The highest BCUT2D eigenvalue weighted by Gasteiger charge is 2.31. The van der Waals surface area contributed by atoms with Gasteiger partial charge in [0.2, 0.25) is 5.95 Å². The fraction of sp³-hybridized carbons (Fsp3) is 0.481. The number of halogens is 1. The number of benzene rings is 1. The lowest BCUT2D eigenvalue weighted by Crippen LogP contribution is -2.42. The van der Waals surface area contributed by atoms with Gasteiger partial charge in [-0.2, -0.15) is 0 Å². The van der Waals surface area contributed by atoms with E-state index in [4.69, 9.17) is 9.72 Å². The zero-order chi connectivity index (χ0) is 26.1. The van der Waals surface area contributed by atoms with Crippen LogP contribution in [0.1, 0.15) is 44.6 Å². The SMILES string of the molecule is O=C1NCCN1[C@H]1CC[C@H](Nc2nccc(-c3cn(C4CCOCC4)c(=O)n3-c3ccc(F)cc3)n2)CC1. The minimum atomic E-state index is -0.360. The topological polar surface area (TPSA) is 106 Å². The first-order valence-corrected chi connectivity index (χ1v) is 13.4. The van der Waals surface area contributed by atoms with Crippen molar-refractivity contribution in [3.8, 4) is 17.1 Å². The summed E-state index contributed by atoms with van der Waals surface area (Å²) in [5.41, 5.74) is 1.63. The number of nitrogens with zero attached hydrogens (tertiary/aromatic N) is 5. The lowest BCUT2D eigenvalue weighted by molar-refractivity contribution is 0.0686. The normalized spacial score (nSPS) is 22.4. The zero-order valence-electron chi connectivity index (χ0n) is 21.2. The van der Waals surface area contributed by atoms with Gasteiger partial charge in [0.05, 0.1) is 17.1 Å². The molecular formula is C27H32FN7O3. The van der Waals surface area contributed by atoms with E-state index in [1.54, 1.807) is 33.5 Å². The van der Waals surface area contributed by atoms with E-state index in [2.05, 4.69) is 15.6 Å². The summed E-state index contributed by atoms with van der Waals surface area (Å²) in [6.45, 7) is 2.72. The molecule has 1 aliphatic carbocycles. The first-order chi connectivity index (χ1) is 18.6. The highest BCUT2D eigenvalue weighted by atomic mass is 19.1. The van der Waals surface area contributed by atoms with Gasteiger partial charge < -0.3 is 20.3 Å². The summed E-state index contributed by atoms with van der Waals surface area (Å²) in [5.74, 6) is 0.141. The van der Waals surface area contributed by atoms with Crippen LogP contribution in [0.25, 0.3) is 17.1 Å². The molecule has 10 nitrogen and oxygen atoms in total. The van der Waals surface area contributed by atoms with Gasteiger partial charge in [-0.25, -0.2) is 23.9 Å². The number of aromatic nitrogens is 4. The van der Waals surface area contributed by atoms with Gasteiger partial charge in [0.25, 0.3) is 0 Å². The van der Waals surface area contributed by atoms with Crippen LogP contribution >= 0.6 is 0 Å². The molecule has 2 aromatic heterocycles. The molecule has 0 atom stereocenters. The number of carbonyl (C=O) groups is 1. The molecular weight excluding hydrogens is 489 g/mol. The average Bonchev–Trinajstić information content (AvgIpc) is 3.53. The van der Waals surface area contributed by atoms with Gasteiger partial charge in [0.15, 0.2) is 0 Å². The standard InChI is InChI=1S/C27H32FN7O3/c28-18-1-5-22(6-2-18)35-24(17-34(27(35)37)21-10-15-38-16-11-21)23-9-12-29-25(32-23)31-19-3-7-20(8-4-19)33-14-13-30-26(33)36/h1-2,5-6,9,12,17,19-21H,3-4,7-8,10-11,13-16H2,(H,30,36)(H,29,31,32)/t19-,20-. The summed E-state index contributed by atoms with van der Waals surface area (Å²) < 4.78 is 22.5. The highest BCUT2D eigenvalue weighted by Crippen LogP contribution is 2.28. The summed E-state index contributed by atoms with van der Waals surface area (Å²) in [6, 6.07) is 8.26. The minimum Gasteiger partial charge on any atom is -0.381 e. The number of imidazole rings is 1. The van der Waals surface area contributed by atoms with Crippen LogP contribution in [0.2, 0.25) is 0 Å². The van der Waals surface area contributed by atoms with Crippen molar-refractivity contribution >= 4 is 12.0 Å². The number of ether oxygens (including phenoxy) is 1. The van der Waals surface area contributed by atoms with Crippen molar-refractivity contribution in [2.75, 3.05) is 31.6 Å². The van der Waals surface area contributed by atoms with Crippen molar-refractivity contribution < 1.29 is 13.9 Å². The summed E-state index contributed by atoms with van der Waals surface area (Å²) >= 11 is 0. The molecule has 2 N–H and O–H groups in total. The van der Waals surface area contributed by atoms with Gasteiger partial charge in [-0.1, -0.05) is 0 Å². The van der Waals surface area contributed by atoms with Gasteiger partial charge in [0, 0.05) is 56.8 Å². The Labute approximate surface area is 219 Å². The average molecular weight is 522 g/mol. The van der Waals surface area contributed by atoms with Crippen molar-refractivity contribution in [2.45, 2.75) is 56.7 Å². The largest absolute Gasteiger partial charge is 0.381 e. The predicted octanol–water partition coefficient (Wildman–Crippen LogP) is 3.33. The molecule has 0 unspecified atom stereocenters. The Hall–Kier alpha value is -3.73. The molecule has 2 aliphatic heterocycles. The molecule has 3 aromatic rings. The van der Waals surface area contributed by atoms with Crippen LogP contribution < -0.4 is 16.3 Å². The molecule has 0 bridgehead atoms. The number of urea groups is 1. The second-order valence-electron chi connectivity index (χ2n) is 10.2. The lowest BCUT2D eigenvalue weighted by Gasteiger charge is -2.34. The lowest BCUT2D eigenvalue weighted by atomic mass is 9.90. The van der Waals surface area contributed by atoms with Crippen LogP contribution in [0, 0.1) is 5.82 Å². The van der Waals surface area contributed by atoms with Crippen molar-refractivity contribution in [3.63, 3.8) is 0 Å². The van der Waals surface area contributed by atoms with Gasteiger partial charge >= 0.3 is 11.7 Å². The van der Waals surface area contributed by atoms with Gasteiger partial charge in [-0.05, 0) is 68.9 Å². The first kappa shape index (κ1) is 24.6. The molecule has 1 aromatic carbocycles. The summed E-state index contributed by atoms with van der Waals surface area (Å²) in [4.78, 5) is 36.8. The van der Waals surface area contributed by atoms with E-state index in [1.165, 1.54) is 12.1 Å². The minimum absolute atomic E-state index is 0.0315. The van der Waals surface area contributed by atoms with Crippen LogP contribution in [-0.4, -0.2) is 68.4 Å². The monoisotopic (exact) mass is 521 g/mol. The Bertz CT molecular complexity index is 1340. The van der Waals surface area contributed by atoms with E-state index in [0.717, 1.165) is 51.6 Å². The fourth-order valence-electron chi connectivity index (χ4n) is 5.83. The molecule has 2 saturated heterocycles. The van der Waals surface area contributed by atoms with Crippen LogP contribution in [0.3, 0.4) is 0 Å². The van der Waals surface area contributed by atoms with E-state index in [1.807, 2.05) is 11.1 Å². The van der Waals surface area contributed by atoms with Gasteiger partial charge in [-0.15, -0.1) is 0 Å². The van der Waals surface area contributed by atoms with E-state index >= 15 is 0 Å². The van der Waals surface area contributed by atoms with Crippen LogP contribution in [0.5, 0.6) is 0 Å². The van der Waals surface area contributed by atoms with Gasteiger partial charge in [0.1, 0.15) is 5.82 Å². The first-order valence-electron chi connectivity index (χ1n) is 13.4. The van der Waals surface area contributed by atoms with E-state index < -0.39 is 0 Å². The smallest absolute Gasteiger partial charge is 0.333 e. The third-order valence-electron chi connectivity index (χ3n) is 7.86. The molecule has 6 rings (SSSR count). The number of nitrogens with one attached hydrogen (secondary N) is 2. The number of rotatable bonds is 6. The summed E-state index contributed by atoms with van der Waals surface area (Å²) in [5, 5.41) is 6.35. The molecule has 0 spiro atoms. The summed E-state index contributed by atoms with van der Waals surface area (Å²) in [7, 11) is 0. The fourth-order valence-corrected chi connectivity index (χ4v) is 5.83.